The molecule has 0 spiro atoms. The van der Waals surface area contributed by atoms with Crippen molar-refractivity contribution in [1.29, 1.82) is 0 Å². The van der Waals surface area contributed by atoms with Gasteiger partial charge in [0.1, 0.15) is 12.4 Å². The molecule has 4 rings (SSSR count). The van der Waals surface area contributed by atoms with Gasteiger partial charge in [0.15, 0.2) is 6.61 Å². The Morgan fingerprint density at radius 3 is 2.56 bits per heavy atom. The fraction of sp³-hybridized carbons (Fsp3) is 0.304. The van der Waals surface area contributed by atoms with Crippen molar-refractivity contribution in [3.05, 3.63) is 60.2 Å². The zero-order chi connectivity index (χ0) is 22.7. The Morgan fingerprint density at radius 1 is 1.06 bits per heavy atom. The van der Waals surface area contributed by atoms with Crippen LogP contribution in [0, 0.1) is 0 Å². The van der Waals surface area contributed by atoms with Crippen LogP contribution < -0.4 is 15.0 Å². The molecule has 0 aromatic heterocycles. The average molecular weight is 437 g/mol. The number of rotatable bonds is 7. The molecule has 2 aliphatic heterocycles. The molecule has 0 aliphatic carbocycles. The Balaban J connectivity index is 1.38. The molecule has 0 radical (unpaired) electrons. The number of para-hydroxylation sites is 2. The first-order valence-corrected chi connectivity index (χ1v) is 10.3. The van der Waals surface area contributed by atoms with Gasteiger partial charge in [0, 0.05) is 19.9 Å². The zero-order valence-corrected chi connectivity index (χ0v) is 17.6. The van der Waals surface area contributed by atoms with E-state index in [-0.39, 0.29) is 37.8 Å². The summed E-state index contributed by atoms with van der Waals surface area (Å²) in [4.78, 5) is 53.3. The van der Waals surface area contributed by atoms with E-state index < -0.39 is 24.1 Å². The third-order valence-electron chi connectivity index (χ3n) is 5.64. The lowest BCUT2D eigenvalue weighted by atomic mass is 9.97. The molecule has 0 bridgehead atoms. The second-order valence-corrected chi connectivity index (χ2v) is 7.51. The molecule has 166 valence electrons. The number of nitrogens with zero attached hydrogens (tertiary/aromatic N) is 2. The predicted octanol–water partition coefficient (Wildman–Crippen LogP) is 1.33. The summed E-state index contributed by atoms with van der Waals surface area (Å²) in [5, 5.41) is 2.61. The van der Waals surface area contributed by atoms with Gasteiger partial charge in [0.2, 0.25) is 11.6 Å². The van der Waals surface area contributed by atoms with Gasteiger partial charge < -0.3 is 19.7 Å². The average Bonchev–Trinajstić information content (AvgIpc) is 3.18. The van der Waals surface area contributed by atoms with Crippen molar-refractivity contribution >= 4 is 29.4 Å². The first kappa shape index (κ1) is 21.4. The van der Waals surface area contributed by atoms with Crippen LogP contribution in [0.5, 0.6) is 5.75 Å². The fourth-order valence-corrected chi connectivity index (χ4v) is 4.06. The van der Waals surface area contributed by atoms with Crippen LogP contribution in [0.4, 0.5) is 5.69 Å². The van der Waals surface area contributed by atoms with Gasteiger partial charge in [0.05, 0.1) is 17.8 Å². The number of likely N-dealkylation sites (N-methyl/N-ethyl adjacent to an activating group) is 1. The predicted molar refractivity (Wildman–Crippen MR) is 114 cm³/mol. The van der Waals surface area contributed by atoms with Crippen molar-refractivity contribution < 1.29 is 28.7 Å². The molecule has 32 heavy (non-hydrogen) atoms. The Labute approximate surface area is 184 Å². The summed E-state index contributed by atoms with van der Waals surface area (Å²) in [7, 11) is 1.46. The van der Waals surface area contributed by atoms with E-state index in [0.717, 1.165) is 0 Å². The van der Waals surface area contributed by atoms with E-state index in [0.29, 0.717) is 17.0 Å². The van der Waals surface area contributed by atoms with Crippen LogP contribution in [0.25, 0.3) is 0 Å². The number of carbonyl (C=O) groups excluding carboxylic acids is 4. The second-order valence-electron chi connectivity index (χ2n) is 7.51. The molecular weight excluding hydrogens is 414 g/mol. The highest BCUT2D eigenvalue weighted by Gasteiger charge is 2.60. The molecule has 2 aromatic carbocycles. The fourth-order valence-electron chi connectivity index (χ4n) is 4.06. The number of esters is 1. The maximum Gasteiger partial charge on any atom is 0.354 e. The smallest absolute Gasteiger partial charge is 0.354 e. The van der Waals surface area contributed by atoms with Gasteiger partial charge in [-0.3, -0.25) is 19.3 Å². The highest BCUT2D eigenvalue weighted by molar-refractivity contribution is 6.15. The van der Waals surface area contributed by atoms with Gasteiger partial charge >= 0.3 is 5.97 Å². The first-order valence-electron chi connectivity index (χ1n) is 10.3. The number of hydrogen-bond acceptors (Lipinski definition) is 6. The van der Waals surface area contributed by atoms with Crippen LogP contribution in [0.3, 0.4) is 0 Å². The molecule has 1 saturated heterocycles. The lowest BCUT2D eigenvalue weighted by Gasteiger charge is -2.46. The number of nitrogens with one attached hydrogen (secondary N) is 1. The highest BCUT2D eigenvalue weighted by atomic mass is 16.5. The number of ether oxygens (including phenoxy) is 2. The SMILES string of the molecule is CN1C(=O)c2ccccc2N2C(=O)CCC12C(=O)OCC(=O)NCCOc1ccccc1. The number of hydrogen-bond donors (Lipinski definition) is 1. The molecule has 2 aliphatic rings. The van der Waals surface area contributed by atoms with Gasteiger partial charge in [-0.05, 0) is 24.3 Å². The van der Waals surface area contributed by atoms with Crippen molar-refractivity contribution in [1.82, 2.24) is 10.2 Å². The molecule has 9 nitrogen and oxygen atoms in total. The largest absolute Gasteiger partial charge is 0.492 e. The van der Waals surface area contributed by atoms with Gasteiger partial charge in [0.25, 0.3) is 11.8 Å². The topological polar surface area (TPSA) is 105 Å². The van der Waals surface area contributed by atoms with Gasteiger partial charge in [-0.25, -0.2) is 4.79 Å². The quantitative estimate of drug-likeness (QED) is 0.518. The Morgan fingerprint density at radius 2 is 1.78 bits per heavy atom. The zero-order valence-electron chi connectivity index (χ0n) is 17.6. The van der Waals surface area contributed by atoms with Crippen LogP contribution in [0.2, 0.25) is 0 Å². The summed E-state index contributed by atoms with van der Waals surface area (Å²) < 4.78 is 10.8. The summed E-state index contributed by atoms with van der Waals surface area (Å²) in [6, 6.07) is 15.8. The number of amides is 3. The Hall–Kier alpha value is -3.88. The molecule has 9 heteroatoms. The molecule has 1 fully saturated rings. The van der Waals surface area contributed by atoms with Crippen LogP contribution in [0.15, 0.2) is 54.6 Å². The van der Waals surface area contributed by atoms with E-state index in [2.05, 4.69) is 5.32 Å². The lowest BCUT2D eigenvalue weighted by molar-refractivity contribution is -0.159. The molecule has 2 heterocycles. The number of anilines is 1. The van der Waals surface area contributed by atoms with Crippen molar-refractivity contribution in [2.75, 3.05) is 31.7 Å². The lowest BCUT2D eigenvalue weighted by Crippen LogP contribution is -2.67. The monoisotopic (exact) mass is 437 g/mol. The normalized spacial score (nSPS) is 19.3. The molecule has 3 amide bonds. The molecule has 1 atom stereocenters. The summed E-state index contributed by atoms with van der Waals surface area (Å²) in [6.45, 7) is -0.0473. The second kappa shape index (κ2) is 8.70. The minimum Gasteiger partial charge on any atom is -0.492 e. The number of fused-ring (bicyclic) bond motifs is 3. The van der Waals surface area contributed by atoms with E-state index >= 15 is 0 Å². The van der Waals surface area contributed by atoms with Crippen LogP contribution in [0.1, 0.15) is 23.2 Å². The summed E-state index contributed by atoms with van der Waals surface area (Å²) in [5.41, 5.74) is -0.887. The number of carbonyl (C=O) groups is 4. The van der Waals surface area contributed by atoms with Gasteiger partial charge in [-0.2, -0.15) is 0 Å². The molecule has 1 N–H and O–H groups in total. The third kappa shape index (κ3) is 3.66. The highest BCUT2D eigenvalue weighted by Crippen LogP contribution is 2.44. The minimum absolute atomic E-state index is 0.0874. The van der Waals surface area contributed by atoms with Crippen molar-refractivity contribution in [2.24, 2.45) is 0 Å². The van der Waals surface area contributed by atoms with Crippen LogP contribution in [-0.2, 0) is 19.1 Å². The molecule has 1 unspecified atom stereocenters. The standard InChI is InChI=1S/C23H23N3O6/c1-25-21(29)17-9-5-6-10-18(17)26-20(28)11-12-23(25,26)22(30)32-15-19(27)24-13-14-31-16-7-3-2-4-8-16/h2-10H,11-15H2,1H3,(H,24,27). The van der Waals surface area contributed by atoms with Crippen LogP contribution in [-0.4, -0.2) is 61.1 Å². The number of benzene rings is 2. The molecule has 0 saturated carbocycles. The van der Waals surface area contributed by atoms with E-state index in [9.17, 15) is 19.2 Å². The van der Waals surface area contributed by atoms with Crippen LogP contribution >= 0.6 is 0 Å². The molecule has 2 aromatic rings. The minimum atomic E-state index is -1.60. The Bertz CT molecular complexity index is 1060. The first-order chi connectivity index (χ1) is 15.4. The van der Waals surface area contributed by atoms with E-state index in [1.165, 1.54) is 16.8 Å². The van der Waals surface area contributed by atoms with Gasteiger partial charge in [-0.15, -0.1) is 0 Å². The van der Waals surface area contributed by atoms with Gasteiger partial charge in [-0.1, -0.05) is 30.3 Å². The maximum absolute atomic E-state index is 13.1. The third-order valence-corrected chi connectivity index (χ3v) is 5.64. The maximum atomic E-state index is 13.1. The summed E-state index contributed by atoms with van der Waals surface area (Å²) >= 11 is 0. The Kier molecular flexibility index (Phi) is 5.81. The molecular formula is C23H23N3O6. The van der Waals surface area contributed by atoms with Crippen molar-refractivity contribution in [2.45, 2.75) is 18.5 Å². The van der Waals surface area contributed by atoms with Crippen molar-refractivity contribution in [3.8, 4) is 5.75 Å². The summed E-state index contributed by atoms with van der Waals surface area (Å²) in [5.74, 6) is -1.30. The van der Waals surface area contributed by atoms with E-state index in [4.69, 9.17) is 9.47 Å². The van der Waals surface area contributed by atoms with Crippen molar-refractivity contribution in [3.63, 3.8) is 0 Å². The summed E-state index contributed by atoms with van der Waals surface area (Å²) in [6.07, 6.45) is 0.178. The van der Waals surface area contributed by atoms with E-state index in [1.807, 2.05) is 18.2 Å². The van der Waals surface area contributed by atoms with E-state index in [1.54, 1.807) is 36.4 Å².